The van der Waals surface area contributed by atoms with Crippen LogP contribution in [-0.4, -0.2) is 14.5 Å². The smallest absolute Gasteiger partial charge is 0.264 e. The van der Waals surface area contributed by atoms with Crippen molar-refractivity contribution in [3.63, 3.8) is 0 Å². The summed E-state index contributed by atoms with van der Waals surface area (Å²) in [6.07, 6.45) is -0.344. The zero-order valence-electron chi connectivity index (χ0n) is 8.20. The Bertz CT molecular complexity index is 454. The second-order valence-corrected chi connectivity index (χ2v) is 7.12. The molecule has 3 nitrogen and oxygen atoms in total. The van der Waals surface area contributed by atoms with Gasteiger partial charge >= 0.3 is 0 Å². The Balaban J connectivity index is 3.21. The van der Waals surface area contributed by atoms with E-state index in [2.05, 4.69) is 22.6 Å². The molecule has 0 fully saturated rings. The highest BCUT2D eigenvalue weighted by Gasteiger charge is 2.20. The lowest BCUT2D eigenvalue weighted by Crippen LogP contribution is -2.13. The van der Waals surface area contributed by atoms with Crippen molar-refractivity contribution >= 4 is 55.3 Å². The first-order valence-electron chi connectivity index (χ1n) is 4.21. The number of benzene rings is 1. The third-order valence-electron chi connectivity index (χ3n) is 1.48. The molecule has 0 unspecified atom stereocenters. The summed E-state index contributed by atoms with van der Waals surface area (Å²) in [7, 11) is -3.63. The Hall–Kier alpha value is 0.590. The molecule has 1 rings (SSSR count). The van der Waals surface area contributed by atoms with E-state index in [0.29, 0.717) is 3.57 Å². The first-order valence-corrected chi connectivity index (χ1v) is 7.78. The molecule has 1 aromatic carbocycles. The van der Waals surface area contributed by atoms with Gasteiger partial charge in [-0.25, -0.2) is 0 Å². The van der Waals surface area contributed by atoms with Crippen LogP contribution in [0.3, 0.4) is 0 Å². The van der Waals surface area contributed by atoms with Gasteiger partial charge in [0.1, 0.15) is 4.90 Å². The number of halogens is 2. The van der Waals surface area contributed by atoms with Crippen LogP contribution >= 0.6 is 45.2 Å². The average molecular weight is 452 g/mol. The average Bonchev–Trinajstić information content (AvgIpc) is 2.06. The summed E-state index contributed by atoms with van der Waals surface area (Å²) in [4.78, 5) is 0.240. The second kappa shape index (κ2) is 5.28. The van der Waals surface area contributed by atoms with Crippen LogP contribution in [0.4, 0.5) is 0 Å². The molecule has 0 amide bonds. The Labute approximate surface area is 117 Å². The van der Waals surface area contributed by atoms with Gasteiger partial charge in [-0.05, 0) is 77.2 Å². The maximum atomic E-state index is 11.8. The minimum absolute atomic E-state index is 0.240. The van der Waals surface area contributed by atoms with Crippen LogP contribution < -0.4 is 0 Å². The highest BCUT2D eigenvalue weighted by molar-refractivity contribution is 14.1. The van der Waals surface area contributed by atoms with Crippen molar-refractivity contribution in [2.75, 3.05) is 0 Å². The quantitative estimate of drug-likeness (QED) is 0.524. The SMILES string of the molecule is CC(C)OS(=O)(=O)c1cc(I)ccc1I. The summed E-state index contributed by atoms with van der Waals surface area (Å²) < 4.78 is 30.0. The third kappa shape index (κ3) is 3.82. The molecule has 6 heteroatoms. The molecular formula is C9H10I2O3S. The number of hydrogen-bond acceptors (Lipinski definition) is 3. The van der Waals surface area contributed by atoms with E-state index in [1.165, 1.54) is 0 Å². The van der Waals surface area contributed by atoms with Gasteiger partial charge in [-0.3, -0.25) is 4.18 Å². The van der Waals surface area contributed by atoms with Crippen LogP contribution in [0.2, 0.25) is 0 Å². The maximum Gasteiger partial charge on any atom is 0.298 e. The monoisotopic (exact) mass is 452 g/mol. The van der Waals surface area contributed by atoms with E-state index < -0.39 is 10.1 Å². The standard InChI is InChI=1S/C9H10I2O3S/c1-6(2)14-15(12,13)9-5-7(10)3-4-8(9)11/h3-6H,1-2H3. The minimum atomic E-state index is -3.63. The topological polar surface area (TPSA) is 43.4 Å². The largest absolute Gasteiger partial charge is 0.298 e. The third-order valence-corrected chi connectivity index (χ3v) is 4.97. The molecule has 0 N–H and O–H groups in total. The first-order chi connectivity index (χ1) is 6.83. The normalized spacial score (nSPS) is 12.1. The minimum Gasteiger partial charge on any atom is -0.264 e. The Morgan fingerprint density at radius 3 is 2.40 bits per heavy atom. The van der Waals surface area contributed by atoms with E-state index in [-0.39, 0.29) is 11.0 Å². The Morgan fingerprint density at radius 1 is 1.27 bits per heavy atom. The van der Waals surface area contributed by atoms with Crippen molar-refractivity contribution in [2.45, 2.75) is 24.8 Å². The fraction of sp³-hybridized carbons (Fsp3) is 0.333. The predicted octanol–water partition coefficient (Wildman–Crippen LogP) is 3.01. The fourth-order valence-corrected chi connectivity index (χ4v) is 4.01. The van der Waals surface area contributed by atoms with Crippen molar-refractivity contribution in [3.8, 4) is 0 Å². The van der Waals surface area contributed by atoms with Gasteiger partial charge in [0.05, 0.1) is 6.10 Å². The van der Waals surface area contributed by atoms with Crippen LogP contribution in [0.5, 0.6) is 0 Å². The van der Waals surface area contributed by atoms with E-state index in [0.717, 1.165) is 3.57 Å². The zero-order valence-corrected chi connectivity index (χ0v) is 13.3. The van der Waals surface area contributed by atoms with Crippen molar-refractivity contribution < 1.29 is 12.6 Å². The molecule has 0 radical (unpaired) electrons. The summed E-state index contributed by atoms with van der Waals surface area (Å²) in [5, 5.41) is 0. The highest BCUT2D eigenvalue weighted by atomic mass is 127. The van der Waals surface area contributed by atoms with Crippen molar-refractivity contribution in [1.82, 2.24) is 0 Å². The molecule has 84 valence electrons. The molecule has 0 atom stereocenters. The number of rotatable bonds is 3. The van der Waals surface area contributed by atoms with Gasteiger partial charge in [-0.2, -0.15) is 8.42 Å². The molecule has 0 saturated heterocycles. The van der Waals surface area contributed by atoms with E-state index in [4.69, 9.17) is 4.18 Å². The molecule has 15 heavy (non-hydrogen) atoms. The van der Waals surface area contributed by atoms with E-state index >= 15 is 0 Å². The fourth-order valence-electron chi connectivity index (χ4n) is 0.974. The molecule has 0 bridgehead atoms. The lowest BCUT2D eigenvalue weighted by atomic mass is 10.4. The van der Waals surface area contributed by atoms with E-state index in [9.17, 15) is 8.42 Å². The molecule has 0 heterocycles. The van der Waals surface area contributed by atoms with E-state index in [1.807, 2.05) is 28.7 Å². The van der Waals surface area contributed by atoms with Crippen LogP contribution in [0, 0.1) is 7.14 Å². The zero-order chi connectivity index (χ0) is 11.6. The van der Waals surface area contributed by atoms with Gasteiger partial charge in [-0.1, -0.05) is 0 Å². The summed E-state index contributed by atoms with van der Waals surface area (Å²) >= 11 is 4.06. The summed E-state index contributed by atoms with van der Waals surface area (Å²) in [6.45, 7) is 3.39. The van der Waals surface area contributed by atoms with Crippen LogP contribution in [0.1, 0.15) is 13.8 Å². The molecule has 0 saturated carbocycles. The molecule has 0 aliphatic carbocycles. The van der Waals surface area contributed by atoms with Gasteiger partial charge in [0.2, 0.25) is 0 Å². The predicted molar refractivity (Wildman–Crippen MR) is 75.3 cm³/mol. The number of hydrogen-bond donors (Lipinski definition) is 0. The molecular weight excluding hydrogens is 442 g/mol. The van der Waals surface area contributed by atoms with Crippen LogP contribution in [0.15, 0.2) is 23.1 Å². The molecule has 1 aromatic rings. The van der Waals surface area contributed by atoms with Gasteiger partial charge < -0.3 is 0 Å². The Morgan fingerprint density at radius 2 is 1.87 bits per heavy atom. The van der Waals surface area contributed by atoms with Crippen LogP contribution in [0.25, 0.3) is 0 Å². The molecule has 0 aliphatic heterocycles. The van der Waals surface area contributed by atoms with Gasteiger partial charge in [0, 0.05) is 7.14 Å². The van der Waals surface area contributed by atoms with E-state index in [1.54, 1.807) is 26.0 Å². The first kappa shape index (κ1) is 13.7. The lowest BCUT2D eigenvalue weighted by molar-refractivity contribution is 0.248. The molecule has 0 aromatic heterocycles. The van der Waals surface area contributed by atoms with Gasteiger partial charge in [0.15, 0.2) is 0 Å². The van der Waals surface area contributed by atoms with Crippen molar-refractivity contribution in [3.05, 3.63) is 25.3 Å². The van der Waals surface area contributed by atoms with Gasteiger partial charge in [-0.15, -0.1) is 0 Å². The Kier molecular flexibility index (Phi) is 4.81. The lowest BCUT2D eigenvalue weighted by Gasteiger charge is -2.10. The second-order valence-electron chi connectivity index (χ2n) is 3.17. The van der Waals surface area contributed by atoms with Crippen LogP contribution in [-0.2, 0) is 14.3 Å². The summed E-state index contributed by atoms with van der Waals surface area (Å²) in [6, 6.07) is 5.23. The van der Waals surface area contributed by atoms with Crippen molar-refractivity contribution in [1.29, 1.82) is 0 Å². The van der Waals surface area contributed by atoms with Gasteiger partial charge in [0.25, 0.3) is 10.1 Å². The van der Waals surface area contributed by atoms with Crippen molar-refractivity contribution in [2.24, 2.45) is 0 Å². The summed E-state index contributed by atoms with van der Waals surface area (Å²) in [5.41, 5.74) is 0. The highest BCUT2D eigenvalue weighted by Crippen LogP contribution is 2.23. The molecule has 0 spiro atoms. The molecule has 0 aliphatic rings. The maximum absolute atomic E-state index is 11.8. The summed E-state index contributed by atoms with van der Waals surface area (Å²) in [5.74, 6) is 0.